The highest BCUT2D eigenvalue weighted by atomic mass is 32.2. The molecule has 0 heterocycles. The van der Waals surface area contributed by atoms with Crippen LogP contribution in [0.4, 0.5) is 5.69 Å². The summed E-state index contributed by atoms with van der Waals surface area (Å²) in [4.78, 5) is 29.1. The lowest BCUT2D eigenvalue weighted by atomic mass is 10.0. The number of carbonyl (C=O) groups is 2. The molecule has 1 N–H and O–H groups in total. The predicted octanol–water partition coefficient (Wildman–Crippen LogP) is 4.97. The number of nitrogens with one attached hydrogen (secondary N) is 1. The Morgan fingerprint density at radius 1 is 0.905 bits per heavy atom. The molecule has 0 spiro atoms. The van der Waals surface area contributed by atoms with Gasteiger partial charge in [0.2, 0.25) is 21.8 Å². The monoisotopic (exact) mass is 593 g/mol. The SMILES string of the molecule is CCc1ccc(N(CCCC(=O)N(Cc2cccc(OC)c2)[C@H](Cc2ccccc2)C(=O)NC(C)C)S(C)(=O)=O)cc1. The Morgan fingerprint density at radius 3 is 2.17 bits per heavy atom. The van der Waals surface area contributed by atoms with Crippen molar-refractivity contribution in [3.05, 3.63) is 95.6 Å². The van der Waals surface area contributed by atoms with Gasteiger partial charge in [-0.1, -0.05) is 61.5 Å². The van der Waals surface area contributed by atoms with Crippen LogP contribution in [0.15, 0.2) is 78.9 Å². The van der Waals surface area contributed by atoms with Gasteiger partial charge < -0.3 is 15.0 Å². The van der Waals surface area contributed by atoms with Crippen LogP contribution in [0, 0.1) is 0 Å². The second kappa shape index (κ2) is 15.4. The van der Waals surface area contributed by atoms with Gasteiger partial charge in [0.15, 0.2) is 0 Å². The highest BCUT2D eigenvalue weighted by Crippen LogP contribution is 2.22. The molecule has 0 aromatic heterocycles. The molecule has 0 radical (unpaired) electrons. The molecular weight excluding hydrogens is 550 g/mol. The fourth-order valence-electron chi connectivity index (χ4n) is 4.80. The van der Waals surface area contributed by atoms with Gasteiger partial charge in [0, 0.05) is 32.0 Å². The van der Waals surface area contributed by atoms with Crippen molar-refractivity contribution in [3.8, 4) is 5.75 Å². The molecule has 3 rings (SSSR count). The maximum atomic E-state index is 13.9. The van der Waals surface area contributed by atoms with Gasteiger partial charge in [0.1, 0.15) is 11.8 Å². The number of anilines is 1. The lowest BCUT2D eigenvalue weighted by Crippen LogP contribution is -2.51. The third kappa shape index (κ3) is 9.62. The Bertz CT molecular complexity index is 1410. The number of amides is 2. The molecule has 9 heteroatoms. The molecule has 0 saturated heterocycles. The maximum Gasteiger partial charge on any atom is 0.243 e. The third-order valence-corrected chi connectivity index (χ3v) is 8.17. The number of ether oxygens (including phenoxy) is 1. The zero-order chi connectivity index (χ0) is 30.7. The first-order valence-corrected chi connectivity index (χ1v) is 16.2. The number of hydrogen-bond donors (Lipinski definition) is 1. The van der Waals surface area contributed by atoms with Crippen molar-refractivity contribution in [2.45, 2.75) is 65.1 Å². The molecule has 8 nitrogen and oxygen atoms in total. The molecule has 0 saturated carbocycles. The second-order valence-electron chi connectivity index (χ2n) is 10.7. The number of aryl methyl sites for hydroxylation is 1. The standard InChI is InChI=1S/C33H43N3O5S/c1-6-26-17-19-29(20-18-26)36(42(5,39)40)21-11-16-32(37)35(24-28-14-10-15-30(22-28)41-4)31(33(38)34-25(2)3)23-27-12-8-7-9-13-27/h7-10,12-15,17-20,22,25,31H,6,11,16,21,23-24H2,1-5H3,(H,34,38)/t31-/m1/s1. The van der Waals surface area contributed by atoms with Crippen molar-refractivity contribution in [1.29, 1.82) is 0 Å². The molecule has 42 heavy (non-hydrogen) atoms. The second-order valence-corrected chi connectivity index (χ2v) is 12.6. The molecule has 0 aliphatic heterocycles. The largest absolute Gasteiger partial charge is 0.497 e. The minimum absolute atomic E-state index is 0.0727. The van der Waals surface area contributed by atoms with Crippen molar-refractivity contribution in [3.63, 3.8) is 0 Å². The molecule has 0 bridgehead atoms. The number of carbonyl (C=O) groups excluding carboxylic acids is 2. The summed E-state index contributed by atoms with van der Waals surface area (Å²) in [6.07, 6.45) is 2.73. The average molecular weight is 594 g/mol. The van der Waals surface area contributed by atoms with E-state index in [0.717, 1.165) is 23.1 Å². The molecule has 0 aliphatic carbocycles. The van der Waals surface area contributed by atoms with E-state index >= 15 is 0 Å². The summed E-state index contributed by atoms with van der Waals surface area (Å²) in [6.45, 7) is 6.16. The van der Waals surface area contributed by atoms with Gasteiger partial charge in [-0.15, -0.1) is 0 Å². The van der Waals surface area contributed by atoms with Crippen LogP contribution in [-0.4, -0.2) is 57.1 Å². The van der Waals surface area contributed by atoms with Crippen LogP contribution in [0.5, 0.6) is 5.75 Å². The van der Waals surface area contributed by atoms with Gasteiger partial charge in [-0.05, 0) is 67.6 Å². The van der Waals surface area contributed by atoms with Gasteiger partial charge in [-0.3, -0.25) is 13.9 Å². The van der Waals surface area contributed by atoms with Crippen molar-refractivity contribution in [2.24, 2.45) is 0 Å². The summed E-state index contributed by atoms with van der Waals surface area (Å²) in [5.74, 6) is 0.190. The lowest BCUT2D eigenvalue weighted by molar-refractivity contribution is -0.141. The maximum absolute atomic E-state index is 13.9. The smallest absolute Gasteiger partial charge is 0.243 e. The third-order valence-electron chi connectivity index (χ3n) is 6.97. The summed E-state index contributed by atoms with van der Waals surface area (Å²) >= 11 is 0. The fraction of sp³-hybridized carbons (Fsp3) is 0.394. The first kappa shape index (κ1) is 32.7. The van der Waals surface area contributed by atoms with Crippen molar-refractivity contribution >= 4 is 27.5 Å². The van der Waals surface area contributed by atoms with E-state index in [4.69, 9.17) is 4.74 Å². The summed E-state index contributed by atoms with van der Waals surface area (Å²) in [5.41, 5.74) is 3.43. The molecule has 0 fully saturated rings. The number of sulfonamides is 1. The van der Waals surface area contributed by atoms with Crippen LogP contribution < -0.4 is 14.4 Å². The zero-order valence-electron chi connectivity index (χ0n) is 25.2. The molecule has 0 unspecified atom stereocenters. The Hall–Kier alpha value is -3.85. The summed E-state index contributed by atoms with van der Waals surface area (Å²) in [6, 6.07) is 23.6. The van der Waals surface area contributed by atoms with Crippen molar-refractivity contribution in [1.82, 2.24) is 10.2 Å². The first-order valence-electron chi connectivity index (χ1n) is 14.3. The molecule has 3 aromatic carbocycles. The molecule has 2 amide bonds. The summed E-state index contributed by atoms with van der Waals surface area (Å²) in [7, 11) is -1.98. The van der Waals surface area contributed by atoms with Gasteiger partial charge >= 0.3 is 0 Å². The van der Waals surface area contributed by atoms with Crippen molar-refractivity contribution in [2.75, 3.05) is 24.2 Å². The highest BCUT2D eigenvalue weighted by molar-refractivity contribution is 7.92. The van der Waals surface area contributed by atoms with E-state index in [1.807, 2.05) is 87.5 Å². The minimum atomic E-state index is -3.57. The van der Waals surface area contributed by atoms with E-state index in [1.54, 1.807) is 24.1 Å². The lowest BCUT2D eigenvalue weighted by Gasteiger charge is -2.32. The van der Waals surface area contributed by atoms with E-state index < -0.39 is 16.1 Å². The average Bonchev–Trinajstić information content (AvgIpc) is 2.96. The topological polar surface area (TPSA) is 96.0 Å². The molecule has 3 aromatic rings. The van der Waals surface area contributed by atoms with Gasteiger partial charge in [-0.25, -0.2) is 8.42 Å². The molecule has 226 valence electrons. The predicted molar refractivity (Wildman–Crippen MR) is 168 cm³/mol. The fourth-order valence-corrected chi connectivity index (χ4v) is 5.77. The Kier molecular flexibility index (Phi) is 12.0. The minimum Gasteiger partial charge on any atom is -0.497 e. The number of hydrogen-bond acceptors (Lipinski definition) is 5. The van der Waals surface area contributed by atoms with E-state index in [2.05, 4.69) is 5.32 Å². The Morgan fingerprint density at radius 2 is 1.57 bits per heavy atom. The van der Waals surface area contributed by atoms with Gasteiger partial charge in [0.25, 0.3) is 0 Å². The quantitative estimate of drug-likeness (QED) is 0.269. The zero-order valence-corrected chi connectivity index (χ0v) is 26.1. The normalized spacial score (nSPS) is 12.0. The highest BCUT2D eigenvalue weighted by Gasteiger charge is 2.31. The summed E-state index contributed by atoms with van der Waals surface area (Å²) < 4.78 is 32.1. The molecular formula is C33H43N3O5S. The van der Waals surface area contributed by atoms with E-state index in [0.29, 0.717) is 24.3 Å². The van der Waals surface area contributed by atoms with Crippen molar-refractivity contribution < 1.29 is 22.7 Å². The van der Waals surface area contributed by atoms with E-state index in [1.165, 1.54) is 10.6 Å². The Balaban J connectivity index is 1.89. The summed E-state index contributed by atoms with van der Waals surface area (Å²) in [5, 5.41) is 2.99. The van der Waals surface area contributed by atoms with E-state index in [9.17, 15) is 18.0 Å². The number of nitrogens with zero attached hydrogens (tertiary/aromatic N) is 2. The van der Waals surface area contributed by atoms with E-state index in [-0.39, 0.29) is 37.4 Å². The van der Waals surface area contributed by atoms with Crippen LogP contribution >= 0.6 is 0 Å². The van der Waals surface area contributed by atoms with Crippen LogP contribution in [0.25, 0.3) is 0 Å². The first-order chi connectivity index (χ1) is 20.0. The molecule has 0 aliphatic rings. The van der Waals surface area contributed by atoms with Gasteiger partial charge in [0.05, 0.1) is 19.1 Å². The van der Waals surface area contributed by atoms with Crippen LogP contribution in [0.3, 0.4) is 0 Å². The number of methoxy groups -OCH3 is 1. The number of benzene rings is 3. The van der Waals surface area contributed by atoms with Gasteiger partial charge in [-0.2, -0.15) is 0 Å². The van der Waals surface area contributed by atoms with Crippen LogP contribution in [0.1, 0.15) is 50.3 Å². The number of rotatable bonds is 15. The molecule has 1 atom stereocenters. The van der Waals surface area contributed by atoms with Crippen LogP contribution in [-0.2, 0) is 39.0 Å². The Labute approximate surface area is 250 Å². The van der Waals surface area contributed by atoms with Crippen LogP contribution in [0.2, 0.25) is 0 Å².